The van der Waals surface area contributed by atoms with Crippen molar-refractivity contribution in [2.24, 2.45) is 5.92 Å². The van der Waals surface area contributed by atoms with Crippen LogP contribution in [0.1, 0.15) is 67.9 Å². The molecule has 0 bridgehead atoms. The number of rotatable bonds is 7. The summed E-state index contributed by atoms with van der Waals surface area (Å²) in [5.74, 6) is 4.65. The number of benzene rings is 2. The van der Waals surface area contributed by atoms with E-state index in [1.807, 2.05) is 6.07 Å². The van der Waals surface area contributed by atoms with Crippen molar-refractivity contribution in [3.8, 4) is 22.5 Å². The average Bonchev–Trinajstić information content (AvgIpc) is 3.45. The van der Waals surface area contributed by atoms with Crippen LogP contribution in [0.3, 0.4) is 0 Å². The number of hydrogen-bond donors (Lipinski definition) is 1. The molecule has 2 aromatic heterocycles. The Labute approximate surface area is 224 Å². The van der Waals surface area contributed by atoms with Gasteiger partial charge < -0.3 is 9.47 Å². The lowest BCUT2D eigenvalue weighted by atomic mass is 9.88. The maximum atomic E-state index is 5.33. The van der Waals surface area contributed by atoms with E-state index in [2.05, 4.69) is 84.5 Å². The minimum Gasteiger partial charge on any atom is -0.345 e. The van der Waals surface area contributed by atoms with Crippen molar-refractivity contribution in [2.45, 2.75) is 64.0 Å². The molecule has 2 saturated carbocycles. The summed E-state index contributed by atoms with van der Waals surface area (Å²) in [5, 5.41) is 14.6. The molecule has 1 N–H and O–H groups in total. The number of aromatic nitrogens is 6. The second-order valence-corrected chi connectivity index (χ2v) is 11.4. The van der Waals surface area contributed by atoms with Crippen LogP contribution < -0.4 is 4.90 Å². The molecule has 7 rings (SSSR count). The zero-order valence-corrected chi connectivity index (χ0v) is 22.2. The van der Waals surface area contributed by atoms with E-state index in [-0.39, 0.29) is 0 Å². The maximum Gasteiger partial charge on any atom is 0.180 e. The second kappa shape index (κ2) is 9.98. The summed E-state index contributed by atoms with van der Waals surface area (Å²) in [6.45, 7) is 4.07. The molecule has 0 atom stereocenters. The zero-order valence-electron chi connectivity index (χ0n) is 22.2. The highest BCUT2D eigenvalue weighted by Crippen LogP contribution is 2.38. The van der Waals surface area contributed by atoms with Gasteiger partial charge in [0.2, 0.25) is 0 Å². The number of aromatic amines is 1. The van der Waals surface area contributed by atoms with Gasteiger partial charge in [-0.25, -0.2) is 10.1 Å². The fourth-order valence-corrected chi connectivity index (χ4v) is 6.41. The first-order valence-corrected chi connectivity index (χ1v) is 14.2. The van der Waals surface area contributed by atoms with Gasteiger partial charge in [-0.2, -0.15) is 0 Å². The number of hydrogen-bond acceptors (Lipinski definition) is 6. The molecule has 0 spiro atoms. The number of tetrazole rings is 1. The topological polar surface area (TPSA) is 78.8 Å². The third kappa shape index (κ3) is 4.62. The quantitative estimate of drug-likeness (QED) is 0.358. The Balaban J connectivity index is 1.20. The predicted octanol–water partition coefficient (Wildman–Crippen LogP) is 5.45. The average molecular weight is 509 g/mol. The SMILES string of the molecule is CN1CN(CC2CC2)Cc2c1nc(C1CCCCC1)n2Cc1ccc(-c2ccccc2-c2nnn[nH]2)cc1. The number of H-pyrrole nitrogens is 1. The first-order valence-electron chi connectivity index (χ1n) is 14.2. The fourth-order valence-electron chi connectivity index (χ4n) is 6.41. The fraction of sp³-hybridized carbons (Fsp3) is 0.467. The molecule has 2 aliphatic carbocycles. The van der Waals surface area contributed by atoms with Gasteiger partial charge in [-0.15, -0.1) is 5.10 Å². The Bertz CT molecular complexity index is 1380. The Morgan fingerprint density at radius 1 is 0.921 bits per heavy atom. The normalized spacial score (nSPS) is 18.6. The van der Waals surface area contributed by atoms with Gasteiger partial charge in [-0.3, -0.25) is 4.90 Å². The van der Waals surface area contributed by atoms with Gasteiger partial charge in [0, 0.05) is 38.2 Å². The number of nitrogens with one attached hydrogen (secondary N) is 1. The molecule has 0 saturated heterocycles. The number of fused-ring (bicyclic) bond motifs is 1. The smallest absolute Gasteiger partial charge is 0.180 e. The van der Waals surface area contributed by atoms with E-state index in [0.717, 1.165) is 42.4 Å². The van der Waals surface area contributed by atoms with E-state index >= 15 is 0 Å². The first-order chi connectivity index (χ1) is 18.7. The van der Waals surface area contributed by atoms with Crippen LogP contribution in [0.2, 0.25) is 0 Å². The summed E-state index contributed by atoms with van der Waals surface area (Å²) >= 11 is 0. The molecule has 38 heavy (non-hydrogen) atoms. The Morgan fingerprint density at radius 2 is 1.71 bits per heavy atom. The third-order valence-corrected chi connectivity index (χ3v) is 8.54. The highest BCUT2D eigenvalue weighted by Gasteiger charge is 2.33. The molecule has 3 aliphatic rings. The molecule has 1 aliphatic heterocycles. The van der Waals surface area contributed by atoms with E-state index in [0.29, 0.717) is 11.7 Å². The highest BCUT2D eigenvalue weighted by atomic mass is 15.5. The molecule has 2 fully saturated rings. The molecular weight excluding hydrogens is 472 g/mol. The summed E-state index contributed by atoms with van der Waals surface area (Å²) in [5.41, 5.74) is 6.00. The van der Waals surface area contributed by atoms with E-state index in [9.17, 15) is 0 Å². The Hall–Kier alpha value is -3.52. The molecule has 0 amide bonds. The van der Waals surface area contributed by atoms with Crippen LogP contribution in [0.25, 0.3) is 22.5 Å². The van der Waals surface area contributed by atoms with Gasteiger partial charge in [0.05, 0.1) is 12.4 Å². The maximum absolute atomic E-state index is 5.33. The second-order valence-electron chi connectivity index (χ2n) is 11.4. The van der Waals surface area contributed by atoms with E-state index in [1.54, 1.807) is 0 Å². The van der Waals surface area contributed by atoms with Crippen LogP contribution in [-0.2, 0) is 13.1 Å². The minimum atomic E-state index is 0.571. The van der Waals surface area contributed by atoms with Gasteiger partial charge in [0.1, 0.15) is 5.82 Å². The molecule has 0 radical (unpaired) electrons. The summed E-state index contributed by atoms with van der Waals surface area (Å²) in [6, 6.07) is 17.3. The minimum absolute atomic E-state index is 0.571. The summed E-state index contributed by atoms with van der Waals surface area (Å²) in [6.07, 6.45) is 9.31. The monoisotopic (exact) mass is 508 g/mol. The van der Waals surface area contributed by atoms with Crippen molar-refractivity contribution < 1.29 is 0 Å². The Morgan fingerprint density at radius 3 is 2.45 bits per heavy atom. The summed E-state index contributed by atoms with van der Waals surface area (Å²) in [7, 11) is 2.22. The molecule has 4 aromatic rings. The molecule has 8 nitrogen and oxygen atoms in total. The summed E-state index contributed by atoms with van der Waals surface area (Å²) in [4.78, 5) is 10.3. The van der Waals surface area contributed by atoms with Crippen LogP contribution in [0, 0.1) is 5.92 Å². The lowest BCUT2D eigenvalue weighted by Crippen LogP contribution is -2.41. The highest BCUT2D eigenvalue weighted by molar-refractivity contribution is 5.80. The van der Waals surface area contributed by atoms with Crippen LogP contribution in [0.5, 0.6) is 0 Å². The van der Waals surface area contributed by atoms with E-state index < -0.39 is 0 Å². The van der Waals surface area contributed by atoms with Crippen molar-refractivity contribution in [1.29, 1.82) is 0 Å². The van der Waals surface area contributed by atoms with E-state index in [1.165, 1.54) is 74.4 Å². The van der Waals surface area contributed by atoms with Gasteiger partial charge in [0.15, 0.2) is 11.6 Å². The molecule has 8 heteroatoms. The van der Waals surface area contributed by atoms with Crippen molar-refractivity contribution in [2.75, 3.05) is 25.2 Å². The molecule has 3 heterocycles. The van der Waals surface area contributed by atoms with Crippen LogP contribution >= 0.6 is 0 Å². The van der Waals surface area contributed by atoms with Gasteiger partial charge in [-0.05, 0) is 58.7 Å². The Kier molecular flexibility index (Phi) is 6.20. The predicted molar refractivity (Wildman–Crippen MR) is 149 cm³/mol. The number of nitrogens with zero attached hydrogens (tertiary/aromatic N) is 7. The summed E-state index contributed by atoms with van der Waals surface area (Å²) < 4.78 is 2.57. The van der Waals surface area contributed by atoms with Crippen molar-refractivity contribution >= 4 is 5.82 Å². The lowest BCUT2D eigenvalue weighted by molar-refractivity contribution is 0.239. The largest absolute Gasteiger partial charge is 0.345 e. The first kappa shape index (κ1) is 23.6. The van der Waals surface area contributed by atoms with Gasteiger partial charge in [0.25, 0.3) is 0 Å². The van der Waals surface area contributed by atoms with Crippen molar-refractivity contribution in [1.82, 2.24) is 35.1 Å². The van der Waals surface area contributed by atoms with Crippen molar-refractivity contribution in [3.05, 3.63) is 65.6 Å². The van der Waals surface area contributed by atoms with Gasteiger partial charge in [-0.1, -0.05) is 67.8 Å². The molecule has 0 unspecified atom stereocenters. The zero-order chi connectivity index (χ0) is 25.5. The number of imidazole rings is 1. The standard InChI is InChI=1S/C30H36N8/c1-36-20-37(17-21-11-12-21)19-27-30(36)31-29(24-7-3-2-4-8-24)38(27)18-22-13-15-23(16-14-22)25-9-5-6-10-26(25)28-32-34-35-33-28/h5-6,9-10,13-16,21,24H,2-4,7-8,11-12,17-20H2,1H3,(H,32,33,34,35). The number of anilines is 1. The molecule has 196 valence electrons. The lowest BCUT2D eigenvalue weighted by Gasteiger charge is -2.34. The van der Waals surface area contributed by atoms with Crippen LogP contribution in [0.4, 0.5) is 5.82 Å². The third-order valence-electron chi connectivity index (χ3n) is 8.54. The van der Waals surface area contributed by atoms with Crippen LogP contribution in [0.15, 0.2) is 48.5 Å². The molecular formula is C30H36N8. The van der Waals surface area contributed by atoms with E-state index in [4.69, 9.17) is 4.98 Å². The molecule has 2 aromatic carbocycles. The van der Waals surface area contributed by atoms with Crippen LogP contribution in [-0.4, -0.2) is 55.3 Å². The van der Waals surface area contributed by atoms with Gasteiger partial charge >= 0.3 is 0 Å². The van der Waals surface area contributed by atoms with Crippen molar-refractivity contribution in [3.63, 3.8) is 0 Å².